The molecule has 1 unspecified atom stereocenters. The molecule has 2 heterocycles. The third kappa shape index (κ3) is 3.15. The van der Waals surface area contributed by atoms with Gasteiger partial charge in [0.05, 0.1) is 17.0 Å². The number of nitrogens with zero attached hydrogens (tertiary/aromatic N) is 1. The summed E-state index contributed by atoms with van der Waals surface area (Å²) in [5.74, 6) is -0.190. The van der Waals surface area contributed by atoms with E-state index < -0.39 is 6.04 Å². The van der Waals surface area contributed by atoms with Crippen molar-refractivity contribution in [1.29, 1.82) is 0 Å². The SMILES string of the molecule is Cc1cc(C)c2c(=O)c3c(oc2c1)C(=O)N(Cc1ccccc1Cl)C3c1ccccc1. The molecule has 0 saturated carbocycles. The van der Waals surface area contributed by atoms with Gasteiger partial charge in [-0.15, -0.1) is 0 Å². The van der Waals surface area contributed by atoms with Gasteiger partial charge in [-0.1, -0.05) is 66.2 Å². The lowest BCUT2D eigenvalue weighted by Crippen LogP contribution is -2.29. The lowest BCUT2D eigenvalue weighted by molar-refractivity contribution is 0.0714. The van der Waals surface area contributed by atoms with Gasteiger partial charge < -0.3 is 9.32 Å². The Balaban J connectivity index is 1.76. The zero-order chi connectivity index (χ0) is 21.7. The van der Waals surface area contributed by atoms with Crippen molar-refractivity contribution in [3.63, 3.8) is 0 Å². The number of rotatable bonds is 3. The Morgan fingerprint density at radius 3 is 2.42 bits per heavy atom. The van der Waals surface area contributed by atoms with E-state index in [4.69, 9.17) is 16.0 Å². The summed E-state index contributed by atoms with van der Waals surface area (Å²) < 4.78 is 6.08. The minimum absolute atomic E-state index is 0.114. The average molecular weight is 430 g/mol. The number of fused-ring (bicyclic) bond motifs is 2. The van der Waals surface area contributed by atoms with Crippen molar-refractivity contribution in [3.05, 3.63) is 116 Å². The Labute approximate surface area is 184 Å². The van der Waals surface area contributed by atoms with Gasteiger partial charge in [0.15, 0.2) is 5.43 Å². The van der Waals surface area contributed by atoms with Gasteiger partial charge in [-0.2, -0.15) is 0 Å². The molecule has 1 aromatic heterocycles. The first-order chi connectivity index (χ1) is 15.0. The van der Waals surface area contributed by atoms with E-state index in [9.17, 15) is 9.59 Å². The van der Waals surface area contributed by atoms with Crippen molar-refractivity contribution in [3.8, 4) is 0 Å². The van der Waals surface area contributed by atoms with Gasteiger partial charge in [0, 0.05) is 11.6 Å². The van der Waals surface area contributed by atoms with E-state index in [2.05, 4.69) is 0 Å². The van der Waals surface area contributed by atoms with Crippen LogP contribution in [0.4, 0.5) is 0 Å². The fraction of sp³-hybridized carbons (Fsp3) is 0.154. The minimum Gasteiger partial charge on any atom is -0.450 e. The van der Waals surface area contributed by atoms with E-state index in [0.717, 1.165) is 22.3 Å². The number of carbonyl (C=O) groups excluding carboxylic acids is 1. The van der Waals surface area contributed by atoms with Crippen LogP contribution in [-0.4, -0.2) is 10.8 Å². The van der Waals surface area contributed by atoms with E-state index in [1.807, 2.05) is 74.5 Å². The third-order valence-corrected chi connectivity index (χ3v) is 6.19. The lowest BCUT2D eigenvalue weighted by atomic mass is 9.97. The van der Waals surface area contributed by atoms with Gasteiger partial charge in [0.2, 0.25) is 5.76 Å². The molecule has 0 saturated heterocycles. The number of amides is 1. The van der Waals surface area contributed by atoms with Crippen LogP contribution in [0, 0.1) is 13.8 Å². The molecule has 154 valence electrons. The van der Waals surface area contributed by atoms with Gasteiger partial charge in [-0.05, 0) is 48.2 Å². The van der Waals surface area contributed by atoms with E-state index in [1.165, 1.54) is 0 Å². The number of benzene rings is 3. The largest absolute Gasteiger partial charge is 0.450 e. The second kappa shape index (κ2) is 7.40. The maximum absolute atomic E-state index is 13.7. The van der Waals surface area contributed by atoms with Gasteiger partial charge in [-0.25, -0.2) is 0 Å². The fourth-order valence-corrected chi connectivity index (χ4v) is 4.66. The first-order valence-corrected chi connectivity index (χ1v) is 10.5. The standard InChI is InChI=1S/C26H20ClNO3/c1-15-12-16(2)21-20(13-15)31-25-22(24(21)29)23(17-8-4-3-5-9-17)28(26(25)30)14-18-10-6-7-11-19(18)27/h3-13,23H,14H2,1-2H3. The van der Waals surface area contributed by atoms with E-state index in [1.54, 1.807) is 11.0 Å². The second-order valence-corrected chi connectivity index (χ2v) is 8.37. The van der Waals surface area contributed by atoms with Crippen molar-refractivity contribution < 1.29 is 9.21 Å². The molecule has 31 heavy (non-hydrogen) atoms. The highest BCUT2D eigenvalue weighted by atomic mass is 35.5. The molecule has 1 aliphatic heterocycles. The Bertz CT molecular complexity index is 1390. The highest BCUT2D eigenvalue weighted by Crippen LogP contribution is 2.40. The van der Waals surface area contributed by atoms with Crippen LogP contribution in [0.2, 0.25) is 5.02 Å². The number of halogens is 1. The summed E-state index contributed by atoms with van der Waals surface area (Å²) in [5.41, 5.74) is 4.18. The van der Waals surface area contributed by atoms with Crippen LogP contribution >= 0.6 is 11.6 Å². The highest BCUT2D eigenvalue weighted by Gasteiger charge is 2.43. The van der Waals surface area contributed by atoms with Crippen LogP contribution < -0.4 is 5.43 Å². The topological polar surface area (TPSA) is 50.5 Å². The number of hydrogen-bond donors (Lipinski definition) is 0. The normalized spacial score (nSPS) is 15.5. The summed E-state index contributed by atoms with van der Waals surface area (Å²) >= 11 is 6.39. The number of hydrogen-bond acceptors (Lipinski definition) is 3. The summed E-state index contributed by atoms with van der Waals surface area (Å²) in [6.07, 6.45) is 0. The number of aryl methyl sites for hydroxylation is 2. The quantitative estimate of drug-likeness (QED) is 0.413. The van der Waals surface area contributed by atoms with Crippen LogP contribution in [0.5, 0.6) is 0 Å². The molecule has 4 nitrogen and oxygen atoms in total. The van der Waals surface area contributed by atoms with Crippen molar-refractivity contribution >= 4 is 28.5 Å². The van der Waals surface area contributed by atoms with Crippen LogP contribution in [0.3, 0.4) is 0 Å². The minimum atomic E-state index is -0.540. The highest BCUT2D eigenvalue weighted by molar-refractivity contribution is 6.31. The summed E-state index contributed by atoms with van der Waals surface area (Å²) in [7, 11) is 0. The predicted molar refractivity (Wildman–Crippen MR) is 122 cm³/mol. The predicted octanol–water partition coefficient (Wildman–Crippen LogP) is 5.81. The average Bonchev–Trinajstić information content (AvgIpc) is 3.02. The lowest BCUT2D eigenvalue weighted by Gasteiger charge is -2.25. The second-order valence-electron chi connectivity index (χ2n) is 7.97. The first-order valence-electron chi connectivity index (χ1n) is 10.1. The molecule has 0 fully saturated rings. The number of carbonyl (C=O) groups is 1. The fourth-order valence-electron chi connectivity index (χ4n) is 4.47. The van der Waals surface area contributed by atoms with Crippen molar-refractivity contribution in [2.24, 2.45) is 0 Å². The van der Waals surface area contributed by atoms with Crippen molar-refractivity contribution in [2.75, 3.05) is 0 Å². The van der Waals surface area contributed by atoms with Crippen LogP contribution in [0.25, 0.3) is 11.0 Å². The smallest absolute Gasteiger partial charge is 0.291 e. The summed E-state index contributed by atoms with van der Waals surface area (Å²) in [5, 5.41) is 1.10. The summed E-state index contributed by atoms with van der Waals surface area (Å²) in [4.78, 5) is 28.9. The Morgan fingerprint density at radius 2 is 1.68 bits per heavy atom. The summed E-state index contributed by atoms with van der Waals surface area (Å²) in [6.45, 7) is 4.11. The molecule has 5 rings (SSSR count). The van der Waals surface area contributed by atoms with Crippen LogP contribution in [0.1, 0.15) is 44.4 Å². The Morgan fingerprint density at radius 1 is 0.968 bits per heavy atom. The van der Waals surface area contributed by atoms with E-state index in [-0.39, 0.29) is 23.6 Å². The molecule has 5 heteroatoms. The van der Waals surface area contributed by atoms with Crippen LogP contribution in [-0.2, 0) is 6.54 Å². The Hall–Kier alpha value is -3.37. The van der Waals surface area contributed by atoms with Gasteiger partial charge in [0.25, 0.3) is 5.91 Å². The van der Waals surface area contributed by atoms with Crippen LogP contribution in [0.15, 0.2) is 75.9 Å². The zero-order valence-corrected chi connectivity index (χ0v) is 17.9. The molecule has 0 spiro atoms. The molecule has 0 radical (unpaired) electrons. The van der Waals surface area contributed by atoms with E-state index in [0.29, 0.717) is 21.6 Å². The van der Waals surface area contributed by atoms with Crippen molar-refractivity contribution in [1.82, 2.24) is 4.90 Å². The molecule has 1 amide bonds. The van der Waals surface area contributed by atoms with Gasteiger partial charge in [0.1, 0.15) is 5.58 Å². The maximum atomic E-state index is 13.7. The molecule has 1 aliphatic rings. The Kier molecular flexibility index (Phi) is 4.67. The monoisotopic (exact) mass is 429 g/mol. The molecule has 1 atom stereocenters. The molecular formula is C26H20ClNO3. The maximum Gasteiger partial charge on any atom is 0.291 e. The van der Waals surface area contributed by atoms with Gasteiger partial charge in [-0.3, -0.25) is 9.59 Å². The van der Waals surface area contributed by atoms with Gasteiger partial charge >= 0.3 is 0 Å². The van der Waals surface area contributed by atoms with E-state index >= 15 is 0 Å². The summed E-state index contributed by atoms with van der Waals surface area (Å²) in [6, 6.07) is 20.2. The molecule has 0 bridgehead atoms. The molecule has 4 aromatic rings. The molecular weight excluding hydrogens is 410 g/mol. The van der Waals surface area contributed by atoms with Crippen molar-refractivity contribution in [2.45, 2.75) is 26.4 Å². The first kappa shape index (κ1) is 19.6. The molecule has 3 aromatic carbocycles. The molecule has 0 N–H and O–H groups in total. The zero-order valence-electron chi connectivity index (χ0n) is 17.2. The third-order valence-electron chi connectivity index (χ3n) is 5.83. The molecule has 0 aliphatic carbocycles.